The highest BCUT2D eigenvalue weighted by molar-refractivity contribution is 5.79. The number of guanidine groups is 1. The molecule has 0 bridgehead atoms. The molecule has 0 atom stereocenters. The first-order valence-electron chi connectivity index (χ1n) is 9.57. The van der Waals surface area contributed by atoms with E-state index >= 15 is 0 Å². The summed E-state index contributed by atoms with van der Waals surface area (Å²) < 4.78 is 16.2. The minimum Gasteiger partial charge on any atom is -0.469 e. The molecule has 0 saturated carbocycles. The van der Waals surface area contributed by atoms with E-state index < -0.39 is 0 Å². The number of hydrogen-bond donors (Lipinski definition) is 1. The highest BCUT2D eigenvalue weighted by Gasteiger charge is 2.12. The van der Waals surface area contributed by atoms with E-state index in [0.717, 1.165) is 76.4 Å². The first-order chi connectivity index (χ1) is 13.2. The van der Waals surface area contributed by atoms with Gasteiger partial charge in [-0.05, 0) is 25.1 Å². The molecule has 2 aromatic heterocycles. The highest BCUT2D eigenvalue weighted by atomic mass is 16.5. The number of ether oxygens (including phenoxy) is 1. The molecular weight excluding hydrogens is 344 g/mol. The Kier molecular flexibility index (Phi) is 7.36. The second-order valence-corrected chi connectivity index (χ2v) is 6.77. The normalized spacial score (nSPS) is 15.9. The third-order valence-electron chi connectivity index (χ3n) is 4.75. The van der Waals surface area contributed by atoms with Crippen LogP contribution < -0.4 is 5.32 Å². The molecule has 27 heavy (non-hydrogen) atoms. The van der Waals surface area contributed by atoms with Gasteiger partial charge in [-0.3, -0.25) is 9.89 Å². The van der Waals surface area contributed by atoms with Crippen LogP contribution >= 0.6 is 0 Å². The van der Waals surface area contributed by atoms with Crippen LogP contribution in [-0.2, 0) is 17.7 Å². The Morgan fingerprint density at radius 3 is 2.78 bits per heavy atom. The van der Waals surface area contributed by atoms with Gasteiger partial charge in [-0.25, -0.2) is 0 Å². The first kappa shape index (κ1) is 19.5. The van der Waals surface area contributed by atoms with E-state index in [2.05, 4.69) is 22.2 Å². The summed E-state index contributed by atoms with van der Waals surface area (Å²) in [7, 11) is 2.06. The van der Waals surface area contributed by atoms with Gasteiger partial charge >= 0.3 is 0 Å². The van der Waals surface area contributed by atoms with Crippen LogP contribution in [0.4, 0.5) is 0 Å². The Balaban J connectivity index is 1.55. The Hall–Kier alpha value is -2.25. The van der Waals surface area contributed by atoms with Gasteiger partial charge in [0.2, 0.25) is 0 Å². The Morgan fingerprint density at radius 1 is 1.22 bits per heavy atom. The third kappa shape index (κ3) is 6.15. The molecule has 1 fully saturated rings. The van der Waals surface area contributed by atoms with Crippen molar-refractivity contribution in [2.24, 2.45) is 4.99 Å². The van der Waals surface area contributed by atoms with Gasteiger partial charge in [-0.1, -0.05) is 0 Å². The van der Waals surface area contributed by atoms with Crippen LogP contribution in [0.2, 0.25) is 0 Å². The van der Waals surface area contributed by atoms with Gasteiger partial charge in [-0.15, -0.1) is 0 Å². The molecule has 0 aromatic carbocycles. The summed E-state index contributed by atoms with van der Waals surface area (Å²) >= 11 is 0. The number of nitrogens with zero attached hydrogens (tertiary/aromatic N) is 3. The van der Waals surface area contributed by atoms with Crippen molar-refractivity contribution in [3.05, 3.63) is 47.8 Å². The molecule has 148 valence electrons. The fourth-order valence-electron chi connectivity index (χ4n) is 3.09. The van der Waals surface area contributed by atoms with Gasteiger partial charge < -0.3 is 23.8 Å². The molecule has 0 radical (unpaired) electrons. The summed E-state index contributed by atoms with van der Waals surface area (Å²) in [6, 6.07) is 5.93. The van der Waals surface area contributed by atoms with Crippen LogP contribution in [0.1, 0.15) is 17.1 Å². The lowest BCUT2D eigenvalue weighted by Gasteiger charge is -2.26. The minimum absolute atomic E-state index is 0.756. The maximum absolute atomic E-state index is 5.42. The standard InChI is InChI=1S/C20H30N4O3/c1-17-18(6-13-26-17)16-23(2)20(21-7-5-19-4-3-12-27-19)22-8-9-24-10-14-25-15-11-24/h3-4,6,12-13H,5,7-11,14-16H2,1-2H3,(H,21,22). The molecule has 1 aliphatic rings. The van der Waals surface area contributed by atoms with E-state index in [-0.39, 0.29) is 0 Å². The molecule has 3 heterocycles. The van der Waals surface area contributed by atoms with Gasteiger partial charge in [0.15, 0.2) is 5.96 Å². The number of furan rings is 2. The van der Waals surface area contributed by atoms with Crippen LogP contribution in [-0.4, -0.2) is 68.7 Å². The lowest BCUT2D eigenvalue weighted by molar-refractivity contribution is 0.0394. The molecule has 0 spiro atoms. The van der Waals surface area contributed by atoms with E-state index in [1.54, 1.807) is 12.5 Å². The smallest absolute Gasteiger partial charge is 0.194 e. The van der Waals surface area contributed by atoms with Crippen molar-refractivity contribution in [3.8, 4) is 0 Å². The van der Waals surface area contributed by atoms with Crippen molar-refractivity contribution < 1.29 is 13.6 Å². The van der Waals surface area contributed by atoms with Crippen molar-refractivity contribution in [3.63, 3.8) is 0 Å². The van der Waals surface area contributed by atoms with Crippen molar-refractivity contribution >= 4 is 5.96 Å². The molecule has 1 N–H and O–H groups in total. The molecule has 0 aliphatic carbocycles. The number of rotatable bonds is 8. The van der Waals surface area contributed by atoms with E-state index in [4.69, 9.17) is 18.6 Å². The zero-order valence-corrected chi connectivity index (χ0v) is 16.3. The van der Waals surface area contributed by atoms with Gasteiger partial charge in [0.25, 0.3) is 0 Å². The second kappa shape index (κ2) is 10.2. The van der Waals surface area contributed by atoms with Crippen molar-refractivity contribution in [1.29, 1.82) is 0 Å². The predicted molar refractivity (Wildman–Crippen MR) is 105 cm³/mol. The van der Waals surface area contributed by atoms with E-state index in [0.29, 0.717) is 0 Å². The largest absolute Gasteiger partial charge is 0.469 e. The van der Waals surface area contributed by atoms with Crippen LogP contribution in [0.15, 0.2) is 44.6 Å². The summed E-state index contributed by atoms with van der Waals surface area (Å²) in [4.78, 5) is 9.37. The summed E-state index contributed by atoms with van der Waals surface area (Å²) in [6.45, 7) is 8.84. The molecule has 0 amide bonds. The summed E-state index contributed by atoms with van der Waals surface area (Å²) in [5.41, 5.74) is 1.17. The molecule has 2 aromatic rings. The SMILES string of the molecule is Cc1occc1CN(C)C(=NCCN1CCOCC1)NCCc1ccco1. The minimum atomic E-state index is 0.756. The van der Waals surface area contributed by atoms with Gasteiger partial charge in [-0.2, -0.15) is 0 Å². The number of nitrogens with one attached hydrogen (secondary N) is 1. The number of aliphatic imine (C=N–C) groups is 1. The van der Waals surface area contributed by atoms with E-state index in [1.165, 1.54) is 5.56 Å². The number of morpholine rings is 1. The molecule has 0 unspecified atom stereocenters. The fraction of sp³-hybridized carbons (Fsp3) is 0.550. The number of hydrogen-bond acceptors (Lipinski definition) is 5. The number of aryl methyl sites for hydroxylation is 1. The fourth-order valence-corrected chi connectivity index (χ4v) is 3.09. The zero-order valence-electron chi connectivity index (χ0n) is 16.3. The third-order valence-corrected chi connectivity index (χ3v) is 4.75. The first-order valence-corrected chi connectivity index (χ1v) is 9.57. The van der Waals surface area contributed by atoms with Gasteiger partial charge in [0, 0.05) is 51.8 Å². The van der Waals surface area contributed by atoms with Gasteiger partial charge in [0.05, 0.1) is 32.3 Å². The molecular formula is C20H30N4O3. The van der Waals surface area contributed by atoms with Crippen molar-refractivity contribution in [2.45, 2.75) is 19.9 Å². The van der Waals surface area contributed by atoms with Gasteiger partial charge in [0.1, 0.15) is 11.5 Å². The average molecular weight is 374 g/mol. The van der Waals surface area contributed by atoms with Crippen LogP contribution in [0, 0.1) is 6.92 Å². The maximum Gasteiger partial charge on any atom is 0.194 e. The molecule has 3 rings (SSSR count). The Bertz CT molecular complexity index is 690. The van der Waals surface area contributed by atoms with Crippen molar-refractivity contribution in [1.82, 2.24) is 15.1 Å². The summed E-state index contributed by atoms with van der Waals surface area (Å²) in [6.07, 6.45) is 4.27. The summed E-state index contributed by atoms with van der Waals surface area (Å²) in [5.74, 6) is 2.82. The lowest BCUT2D eigenvalue weighted by Crippen LogP contribution is -2.41. The molecule has 1 aliphatic heterocycles. The van der Waals surface area contributed by atoms with Crippen LogP contribution in [0.3, 0.4) is 0 Å². The zero-order chi connectivity index (χ0) is 18.9. The van der Waals surface area contributed by atoms with Crippen molar-refractivity contribution in [2.75, 3.05) is 53.0 Å². The monoisotopic (exact) mass is 374 g/mol. The average Bonchev–Trinajstić information content (AvgIpc) is 3.33. The second-order valence-electron chi connectivity index (χ2n) is 6.77. The maximum atomic E-state index is 5.42. The molecule has 7 nitrogen and oxygen atoms in total. The molecule has 7 heteroatoms. The van der Waals surface area contributed by atoms with E-state index in [9.17, 15) is 0 Å². The lowest BCUT2D eigenvalue weighted by atomic mass is 10.2. The Morgan fingerprint density at radius 2 is 2.07 bits per heavy atom. The van der Waals surface area contributed by atoms with E-state index in [1.807, 2.05) is 25.1 Å². The topological polar surface area (TPSA) is 66.4 Å². The van der Waals surface area contributed by atoms with Crippen LogP contribution in [0.25, 0.3) is 0 Å². The summed E-state index contributed by atoms with van der Waals surface area (Å²) in [5, 5.41) is 3.47. The molecule has 1 saturated heterocycles. The highest BCUT2D eigenvalue weighted by Crippen LogP contribution is 2.11. The quantitative estimate of drug-likeness (QED) is 0.564. The predicted octanol–water partition coefficient (Wildman–Crippen LogP) is 2.13. The van der Waals surface area contributed by atoms with Crippen LogP contribution in [0.5, 0.6) is 0 Å². The Labute approximate surface area is 161 Å².